The first-order chi connectivity index (χ1) is 15.3. The van der Waals surface area contributed by atoms with E-state index in [4.69, 9.17) is 0 Å². The van der Waals surface area contributed by atoms with Gasteiger partial charge in [0.25, 0.3) is 17.2 Å². The van der Waals surface area contributed by atoms with E-state index in [1.165, 1.54) is 28.8 Å². The predicted molar refractivity (Wildman–Crippen MR) is 122 cm³/mol. The summed E-state index contributed by atoms with van der Waals surface area (Å²) in [5.74, 6) is -0.588. The third-order valence-electron chi connectivity index (χ3n) is 5.22. The highest BCUT2D eigenvalue weighted by atomic mass is 16.6. The second kappa shape index (κ2) is 8.43. The number of pyridine rings is 2. The van der Waals surface area contributed by atoms with Crippen LogP contribution in [0.1, 0.15) is 27.0 Å². The van der Waals surface area contributed by atoms with Crippen LogP contribution in [-0.4, -0.2) is 20.4 Å². The lowest BCUT2D eigenvalue weighted by Gasteiger charge is -2.13. The molecule has 0 saturated heterocycles. The number of hydrogen-bond donors (Lipinski definition) is 1. The fraction of sp³-hybridized carbons (Fsp3) is 0.125. The van der Waals surface area contributed by atoms with E-state index in [1.54, 1.807) is 25.3 Å². The number of carbonyl (C=O) groups excluding carboxylic acids is 1. The molecule has 4 rings (SSSR count). The second-order valence-corrected chi connectivity index (χ2v) is 7.56. The second-order valence-electron chi connectivity index (χ2n) is 7.56. The largest absolute Gasteiger partial charge is 0.322 e. The standard InChI is InChI=1S/C24H20N4O4/c1-15-5-7-17(8-6-15)14-27-22-18(4-3-11-25-22)13-20(24(27)30)23(29)26-21-10-9-19(28(31)32)12-16(21)2/h3-13H,14H2,1-2H3,(H,26,29). The molecule has 160 valence electrons. The fourth-order valence-electron chi connectivity index (χ4n) is 3.48. The first-order valence-corrected chi connectivity index (χ1v) is 9.94. The fourth-order valence-corrected chi connectivity index (χ4v) is 3.48. The number of benzene rings is 2. The number of aryl methyl sites for hydroxylation is 2. The molecule has 2 aromatic carbocycles. The number of anilines is 1. The molecule has 0 radical (unpaired) electrons. The Morgan fingerprint density at radius 1 is 1.09 bits per heavy atom. The van der Waals surface area contributed by atoms with E-state index < -0.39 is 16.4 Å². The normalized spacial score (nSPS) is 10.8. The Labute approximate surface area is 183 Å². The van der Waals surface area contributed by atoms with Crippen LogP contribution in [0.5, 0.6) is 0 Å². The van der Waals surface area contributed by atoms with Gasteiger partial charge in [-0.3, -0.25) is 24.3 Å². The summed E-state index contributed by atoms with van der Waals surface area (Å²) in [4.78, 5) is 41.1. The quantitative estimate of drug-likeness (QED) is 0.378. The van der Waals surface area contributed by atoms with E-state index in [0.29, 0.717) is 22.3 Å². The van der Waals surface area contributed by atoms with Crippen molar-refractivity contribution < 1.29 is 9.72 Å². The lowest BCUT2D eigenvalue weighted by atomic mass is 10.1. The minimum absolute atomic E-state index is 0.0321. The van der Waals surface area contributed by atoms with Gasteiger partial charge in [0.15, 0.2) is 0 Å². The van der Waals surface area contributed by atoms with Crippen molar-refractivity contribution in [1.29, 1.82) is 0 Å². The predicted octanol–water partition coefficient (Wildman–Crippen LogP) is 4.22. The van der Waals surface area contributed by atoms with Gasteiger partial charge in [0.2, 0.25) is 0 Å². The van der Waals surface area contributed by atoms with Gasteiger partial charge in [-0.15, -0.1) is 0 Å². The molecule has 0 aliphatic heterocycles. The smallest absolute Gasteiger partial charge is 0.269 e. The molecule has 0 bridgehead atoms. The summed E-state index contributed by atoms with van der Waals surface area (Å²) < 4.78 is 1.48. The van der Waals surface area contributed by atoms with Crippen molar-refractivity contribution in [2.45, 2.75) is 20.4 Å². The van der Waals surface area contributed by atoms with Crippen molar-refractivity contribution in [1.82, 2.24) is 9.55 Å². The maximum atomic E-state index is 13.3. The van der Waals surface area contributed by atoms with Crippen LogP contribution in [0.4, 0.5) is 11.4 Å². The van der Waals surface area contributed by atoms with E-state index >= 15 is 0 Å². The van der Waals surface area contributed by atoms with E-state index in [2.05, 4.69) is 10.3 Å². The van der Waals surface area contributed by atoms with Crippen molar-refractivity contribution in [2.24, 2.45) is 0 Å². The summed E-state index contributed by atoms with van der Waals surface area (Å²) in [6, 6.07) is 17.0. The molecule has 0 saturated carbocycles. The number of nitro groups is 1. The Morgan fingerprint density at radius 2 is 1.84 bits per heavy atom. The SMILES string of the molecule is Cc1ccc(Cn2c(=O)c(C(=O)Nc3ccc([N+](=O)[O-])cc3C)cc3cccnc32)cc1. The maximum absolute atomic E-state index is 13.3. The number of nitrogens with zero attached hydrogens (tertiary/aromatic N) is 3. The van der Waals surface area contributed by atoms with Crippen LogP contribution in [0.15, 0.2) is 71.7 Å². The molecular weight excluding hydrogens is 408 g/mol. The Bertz CT molecular complexity index is 1410. The van der Waals surface area contributed by atoms with Crippen molar-refractivity contribution in [3.05, 3.63) is 110 Å². The van der Waals surface area contributed by atoms with Gasteiger partial charge in [-0.05, 0) is 49.2 Å². The first kappa shape index (κ1) is 20.9. The molecule has 0 atom stereocenters. The molecule has 8 heteroatoms. The summed E-state index contributed by atoms with van der Waals surface area (Å²) in [5, 5.41) is 14.3. The molecule has 0 aliphatic rings. The number of rotatable bonds is 5. The zero-order valence-electron chi connectivity index (χ0n) is 17.5. The van der Waals surface area contributed by atoms with Gasteiger partial charge in [0, 0.05) is 29.4 Å². The topological polar surface area (TPSA) is 107 Å². The average molecular weight is 428 g/mol. The van der Waals surface area contributed by atoms with Crippen molar-refractivity contribution in [2.75, 3.05) is 5.32 Å². The Morgan fingerprint density at radius 3 is 2.53 bits per heavy atom. The summed E-state index contributed by atoms with van der Waals surface area (Å²) >= 11 is 0. The number of aromatic nitrogens is 2. The molecule has 0 unspecified atom stereocenters. The molecule has 8 nitrogen and oxygen atoms in total. The Balaban J connectivity index is 1.75. The van der Waals surface area contributed by atoms with Crippen LogP contribution in [0.2, 0.25) is 0 Å². The van der Waals surface area contributed by atoms with Crippen LogP contribution in [0.3, 0.4) is 0 Å². The number of nitrogens with one attached hydrogen (secondary N) is 1. The molecule has 0 fully saturated rings. The van der Waals surface area contributed by atoms with E-state index in [9.17, 15) is 19.7 Å². The molecule has 0 aliphatic carbocycles. The number of fused-ring (bicyclic) bond motifs is 1. The van der Waals surface area contributed by atoms with Crippen LogP contribution < -0.4 is 10.9 Å². The number of amides is 1. The van der Waals surface area contributed by atoms with Crippen molar-refractivity contribution in [3.8, 4) is 0 Å². The van der Waals surface area contributed by atoms with Crippen molar-refractivity contribution >= 4 is 28.3 Å². The van der Waals surface area contributed by atoms with Crippen LogP contribution in [-0.2, 0) is 6.54 Å². The van der Waals surface area contributed by atoms with Crippen molar-refractivity contribution in [3.63, 3.8) is 0 Å². The van der Waals surface area contributed by atoms with Gasteiger partial charge in [-0.1, -0.05) is 29.8 Å². The lowest BCUT2D eigenvalue weighted by Crippen LogP contribution is -2.30. The number of non-ortho nitro benzene ring substituents is 1. The average Bonchev–Trinajstić information content (AvgIpc) is 2.78. The number of hydrogen-bond acceptors (Lipinski definition) is 5. The van der Waals surface area contributed by atoms with E-state index in [-0.39, 0.29) is 17.8 Å². The maximum Gasteiger partial charge on any atom is 0.269 e. The van der Waals surface area contributed by atoms with E-state index in [1.807, 2.05) is 31.2 Å². The lowest BCUT2D eigenvalue weighted by molar-refractivity contribution is -0.384. The molecule has 2 heterocycles. The molecule has 2 aromatic heterocycles. The van der Waals surface area contributed by atoms with Crippen LogP contribution in [0, 0.1) is 24.0 Å². The molecule has 4 aromatic rings. The van der Waals surface area contributed by atoms with Gasteiger partial charge in [0.05, 0.1) is 11.5 Å². The molecule has 1 N–H and O–H groups in total. The monoisotopic (exact) mass is 428 g/mol. The highest BCUT2D eigenvalue weighted by Crippen LogP contribution is 2.22. The summed E-state index contributed by atoms with van der Waals surface area (Å²) in [7, 11) is 0. The van der Waals surface area contributed by atoms with E-state index in [0.717, 1.165) is 11.1 Å². The van der Waals surface area contributed by atoms with Gasteiger partial charge in [0.1, 0.15) is 11.2 Å². The van der Waals surface area contributed by atoms with Crippen LogP contribution >= 0.6 is 0 Å². The molecule has 1 amide bonds. The highest BCUT2D eigenvalue weighted by Gasteiger charge is 2.18. The minimum atomic E-state index is -0.588. The third-order valence-corrected chi connectivity index (χ3v) is 5.22. The Kier molecular flexibility index (Phi) is 5.51. The van der Waals surface area contributed by atoms with Gasteiger partial charge < -0.3 is 5.32 Å². The van der Waals surface area contributed by atoms with Crippen LogP contribution in [0.25, 0.3) is 11.0 Å². The van der Waals surface area contributed by atoms with Gasteiger partial charge >= 0.3 is 0 Å². The third kappa shape index (κ3) is 4.11. The van der Waals surface area contributed by atoms with Gasteiger partial charge in [-0.2, -0.15) is 0 Å². The van der Waals surface area contributed by atoms with Gasteiger partial charge in [-0.25, -0.2) is 4.98 Å². The molecule has 0 spiro atoms. The Hall–Kier alpha value is -4.33. The first-order valence-electron chi connectivity index (χ1n) is 9.94. The zero-order valence-corrected chi connectivity index (χ0v) is 17.5. The summed E-state index contributed by atoms with van der Waals surface area (Å²) in [6.07, 6.45) is 1.60. The summed E-state index contributed by atoms with van der Waals surface area (Å²) in [5.41, 5.74) is 2.86. The zero-order chi connectivity index (χ0) is 22.8. The summed E-state index contributed by atoms with van der Waals surface area (Å²) in [6.45, 7) is 3.91. The highest BCUT2D eigenvalue weighted by molar-refractivity contribution is 6.06. The molecular formula is C24H20N4O4. The molecule has 32 heavy (non-hydrogen) atoms. The minimum Gasteiger partial charge on any atom is -0.322 e. The number of carbonyl (C=O) groups is 1. The number of nitro benzene ring substituents is 1.